The number of imidazole rings is 1. The third kappa shape index (κ3) is 2.20. The van der Waals surface area contributed by atoms with E-state index in [4.69, 9.17) is 8.94 Å². The van der Waals surface area contributed by atoms with Crippen LogP contribution in [0, 0.1) is 0 Å². The van der Waals surface area contributed by atoms with Gasteiger partial charge in [-0.15, -0.1) is 0 Å². The van der Waals surface area contributed by atoms with Gasteiger partial charge in [0.05, 0.1) is 23.6 Å². The number of hydrogen-bond donors (Lipinski definition) is 0. The van der Waals surface area contributed by atoms with Crippen molar-refractivity contribution in [2.45, 2.75) is 13.0 Å². The number of para-hydroxylation sites is 2. The second-order valence-electron chi connectivity index (χ2n) is 4.67. The molecule has 0 radical (unpaired) electrons. The van der Waals surface area contributed by atoms with Crippen molar-refractivity contribution in [2.24, 2.45) is 0 Å². The van der Waals surface area contributed by atoms with Gasteiger partial charge in [0.1, 0.15) is 0 Å². The van der Waals surface area contributed by atoms with Crippen molar-refractivity contribution in [3.63, 3.8) is 0 Å². The first-order valence-corrected chi connectivity index (χ1v) is 6.66. The number of aryl methyl sites for hydroxylation is 2. The Balaban J connectivity index is 1.52. The van der Waals surface area contributed by atoms with Crippen molar-refractivity contribution in [3.8, 4) is 11.6 Å². The molecule has 0 spiro atoms. The fraction of sp³-hybridized carbons (Fsp3) is 0.133. The van der Waals surface area contributed by atoms with Gasteiger partial charge in [0.15, 0.2) is 5.76 Å². The molecule has 0 amide bonds. The first-order chi connectivity index (χ1) is 10.4. The highest BCUT2D eigenvalue weighted by Gasteiger charge is 2.11. The Bertz CT molecular complexity index is 861. The largest absolute Gasteiger partial charge is 0.461 e. The summed E-state index contributed by atoms with van der Waals surface area (Å²) in [4.78, 5) is 8.69. The van der Waals surface area contributed by atoms with E-state index < -0.39 is 0 Å². The van der Waals surface area contributed by atoms with Gasteiger partial charge in [0.25, 0.3) is 0 Å². The van der Waals surface area contributed by atoms with E-state index in [0.717, 1.165) is 17.6 Å². The highest BCUT2D eigenvalue weighted by molar-refractivity contribution is 5.74. The molecule has 0 bridgehead atoms. The second-order valence-corrected chi connectivity index (χ2v) is 4.67. The predicted octanol–water partition coefficient (Wildman–Crippen LogP) is 2.92. The molecule has 4 aromatic rings. The van der Waals surface area contributed by atoms with Crippen LogP contribution < -0.4 is 0 Å². The lowest BCUT2D eigenvalue weighted by atomic mass is 10.3. The van der Waals surface area contributed by atoms with Crippen LogP contribution in [0.2, 0.25) is 0 Å². The normalized spacial score (nSPS) is 11.2. The summed E-state index contributed by atoms with van der Waals surface area (Å²) in [5.41, 5.74) is 2.09. The van der Waals surface area contributed by atoms with E-state index >= 15 is 0 Å². The fourth-order valence-corrected chi connectivity index (χ4v) is 2.27. The van der Waals surface area contributed by atoms with Crippen LogP contribution in [0.1, 0.15) is 5.89 Å². The molecule has 0 saturated carbocycles. The molecule has 3 heterocycles. The van der Waals surface area contributed by atoms with E-state index in [1.54, 1.807) is 18.4 Å². The van der Waals surface area contributed by atoms with Crippen molar-refractivity contribution in [3.05, 3.63) is 54.9 Å². The minimum absolute atomic E-state index is 0.477. The number of rotatable bonds is 4. The lowest BCUT2D eigenvalue weighted by Crippen LogP contribution is -2.00. The van der Waals surface area contributed by atoms with Crippen LogP contribution in [0.15, 0.2) is 57.9 Å². The van der Waals surface area contributed by atoms with Gasteiger partial charge in [0, 0.05) is 13.0 Å². The van der Waals surface area contributed by atoms with E-state index in [1.165, 1.54) is 0 Å². The molecule has 0 aliphatic carbocycles. The lowest BCUT2D eigenvalue weighted by Gasteiger charge is -2.00. The molecule has 6 heteroatoms. The summed E-state index contributed by atoms with van der Waals surface area (Å²) in [6.45, 7) is 0.736. The predicted molar refractivity (Wildman–Crippen MR) is 75.4 cm³/mol. The zero-order valence-electron chi connectivity index (χ0n) is 11.1. The smallest absolute Gasteiger partial charge is 0.238 e. The van der Waals surface area contributed by atoms with Gasteiger partial charge in [-0.1, -0.05) is 17.3 Å². The molecule has 0 N–H and O–H groups in total. The summed E-state index contributed by atoms with van der Waals surface area (Å²) < 4.78 is 12.6. The number of benzene rings is 1. The van der Waals surface area contributed by atoms with Gasteiger partial charge in [-0.05, 0) is 24.3 Å². The molecule has 0 aliphatic heterocycles. The fourth-order valence-electron chi connectivity index (χ4n) is 2.27. The van der Waals surface area contributed by atoms with Crippen LogP contribution in [0.4, 0.5) is 0 Å². The molecular weight excluding hydrogens is 268 g/mol. The van der Waals surface area contributed by atoms with Gasteiger partial charge in [-0.2, -0.15) is 4.98 Å². The maximum atomic E-state index is 5.24. The highest BCUT2D eigenvalue weighted by atomic mass is 16.5. The Labute approximate surface area is 120 Å². The SMILES string of the molecule is c1coc(-c2noc(CCn3cnc4ccccc43)n2)c1. The molecule has 3 aromatic heterocycles. The second kappa shape index (κ2) is 4.90. The van der Waals surface area contributed by atoms with Crippen molar-refractivity contribution in [1.29, 1.82) is 0 Å². The van der Waals surface area contributed by atoms with Gasteiger partial charge < -0.3 is 13.5 Å². The van der Waals surface area contributed by atoms with Gasteiger partial charge >= 0.3 is 0 Å². The highest BCUT2D eigenvalue weighted by Crippen LogP contribution is 2.17. The summed E-state index contributed by atoms with van der Waals surface area (Å²) >= 11 is 0. The van der Waals surface area contributed by atoms with Gasteiger partial charge in [0.2, 0.25) is 11.7 Å². The topological polar surface area (TPSA) is 69.9 Å². The van der Waals surface area contributed by atoms with Crippen molar-refractivity contribution in [2.75, 3.05) is 0 Å². The molecule has 0 unspecified atom stereocenters. The van der Waals surface area contributed by atoms with E-state index in [-0.39, 0.29) is 0 Å². The summed E-state index contributed by atoms with van der Waals surface area (Å²) in [6, 6.07) is 11.6. The minimum Gasteiger partial charge on any atom is -0.461 e. The Kier molecular flexibility index (Phi) is 2.77. The summed E-state index contributed by atoms with van der Waals surface area (Å²) in [7, 11) is 0. The van der Waals surface area contributed by atoms with Crippen LogP contribution in [0.5, 0.6) is 0 Å². The average Bonchev–Trinajstić information content (AvgIpc) is 3.25. The Morgan fingerprint density at radius 2 is 2.05 bits per heavy atom. The number of hydrogen-bond acceptors (Lipinski definition) is 5. The van der Waals surface area contributed by atoms with Crippen molar-refractivity contribution >= 4 is 11.0 Å². The van der Waals surface area contributed by atoms with E-state index in [0.29, 0.717) is 23.9 Å². The minimum atomic E-state index is 0.477. The molecule has 6 nitrogen and oxygen atoms in total. The molecule has 1 aromatic carbocycles. The van der Waals surface area contributed by atoms with Crippen LogP contribution in [0.25, 0.3) is 22.6 Å². The Hall–Kier alpha value is -2.89. The number of nitrogens with zero attached hydrogens (tertiary/aromatic N) is 4. The summed E-state index contributed by atoms with van der Waals surface area (Å²) in [6.07, 6.45) is 4.06. The van der Waals surface area contributed by atoms with Crippen LogP contribution in [-0.4, -0.2) is 19.7 Å². The Morgan fingerprint density at radius 3 is 2.95 bits per heavy atom. The zero-order chi connectivity index (χ0) is 14.1. The van der Waals surface area contributed by atoms with Crippen LogP contribution >= 0.6 is 0 Å². The van der Waals surface area contributed by atoms with E-state index in [1.807, 2.05) is 30.6 Å². The molecule has 0 aliphatic rings. The van der Waals surface area contributed by atoms with Crippen molar-refractivity contribution < 1.29 is 8.94 Å². The van der Waals surface area contributed by atoms with Crippen LogP contribution in [0.3, 0.4) is 0 Å². The summed E-state index contributed by atoms with van der Waals surface area (Å²) in [5.74, 6) is 1.67. The zero-order valence-corrected chi connectivity index (χ0v) is 11.1. The quantitative estimate of drug-likeness (QED) is 0.575. The molecular formula is C15H12N4O2. The molecule has 0 saturated heterocycles. The molecule has 21 heavy (non-hydrogen) atoms. The third-order valence-corrected chi connectivity index (χ3v) is 3.30. The molecule has 104 valence electrons. The van der Waals surface area contributed by atoms with Gasteiger partial charge in [-0.25, -0.2) is 4.98 Å². The van der Waals surface area contributed by atoms with E-state index in [2.05, 4.69) is 19.7 Å². The molecule has 0 atom stereocenters. The van der Waals surface area contributed by atoms with E-state index in [9.17, 15) is 0 Å². The first kappa shape index (κ1) is 11.9. The van der Waals surface area contributed by atoms with Crippen molar-refractivity contribution in [1.82, 2.24) is 19.7 Å². The third-order valence-electron chi connectivity index (χ3n) is 3.30. The maximum absolute atomic E-state index is 5.24. The maximum Gasteiger partial charge on any atom is 0.238 e. The first-order valence-electron chi connectivity index (χ1n) is 6.66. The Morgan fingerprint density at radius 1 is 1.10 bits per heavy atom. The number of furan rings is 1. The lowest BCUT2D eigenvalue weighted by molar-refractivity contribution is 0.371. The molecule has 0 fully saturated rings. The van der Waals surface area contributed by atoms with Gasteiger partial charge in [-0.3, -0.25) is 0 Å². The number of aromatic nitrogens is 4. The summed E-state index contributed by atoms with van der Waals surface area (Å²) in [5, 5.41) is 3.92. The average molecular weight is 280 g/mol. The number of fused-ring (bicyclic) bond motifs is 1. The van der Waals surface area contributed by atoms with Crippen LogP contribution in [-0.2, 0) is 13.0 Å². The monoisotopic (exact) mass is 280 g/mol. The molecule has 4 rings (SSSR count). The standard InChI is InChI=1S/C15H12N4O2/c1-2-5-12-11(4-1)16-10-19(12)8-7-14-17-15(18-21-14)13-6-3-9-20-13/h1-6,9-10H,7-8H2.